The number of benzene rings is 3. The first-order chi connectivity index (χ1) is 11.1. The summed E-state index contributed by atoms with van der Waals surface area (Å²) < 4.78 is 0. The summed E-state index contributed by atoms with van der Waals surface area (Å²) in [5, 5.41) is 6.12. The zero-order chi connectivity index (χ0) is 16.2. The molecule has 116 valence electrons. The minimum Gasteiger partial charge on any atom is -0.349 e. The van der Waals surface area contributed by atoms with Crippen molar-refractivity contribution in [1.29, 1.82) is 0 Å². The molecule has 0 radical (unpaired) electrons. The van der Waals surface area contributed by atoms with E-state index in [-0.39, 0.29) is 11.9 Å². The predicted molar refractivity (Wildman–Crippen MR) is 95.7 cm³/mol. The minimum atomic E-state index is -0.0283. The predicted octanol–water partition coefficient (Wildman–Crippen LogP) is 4.91. The van der Waals surface area contributed by atoms with Crippen molar-refractivity contribution >= 4 is 28.3 Å². The van der Waals surface area contributed by atoms with Crippen LogP contribution in [-0.4, -0.2) is 5.91 Å². The molecule has 1 amide bonds. The Hall–Kier alpha value is -2.32. The minimum absolute atomic E-state index is 0.00739. The summed E-state index contributed by atoms with van der Waals surface area (Å²) in [6, 6.07) is 21.8. The second-order valence-electron chi connectivity index (χ2n) is 5.70. The van der Waals surface area contributed by atoms with Crippen molar-refractivity contribution < 1.29 is 4.79 Å². The zero-order valence-electron chi connectivity index (χ0n) is 12.9. The Morgan fingerprint density at radius 1 is 1.00 bits per heavy atom. The molecular weight excluding hydrogens is 306 g/mol. The number of carbonyl (C=O) groups is 1. The molecule has 0 aliphatic carbocycles. The smallest absolute Gasteiger partial charge is 0.224 e. The highest BCUT2D eigenvalue weighted by molar-refractivity contribution is 6.30. The molecule has 1 N–H and O–H groups in total. The quantitative estimate of drug-likeness (QED) is 0.726. The first-order valence-corrected chi connectivity index (χ1v) is 8.02. The number of rotatable bonds is 4. The molecule has 0 bridgehead atoms. The van der Waals surface area contributed by atoms with Crippen LogP contribution in [0.25, 0.3) is 10.8 Å². The molecule has 2 nitrogen and oxygen atoms in total. The lowest BCUT2D eigenvalue weighted by molar-refractivity contribution is -0.121. The van der Waals surface area contributed by atoms with Gasteiger partial charge in [0.2, 0.25) is 5.91 Å². The van der Waals surface area contributed by atoms with E-state index in [9.17, 15) is 4.79 Å². The normalized spacial score (nSPS) is 12.1. The third-order valence-electron chi connectivity index (χ3n) is 3.93. The molecule has 0 aromatic heterocycles. The van der Waals surface area contributed by atoms with Crippen molar-refractivity contribution in [2.75, 3.05) is 0 Å². The van der Waals surface area contributed by atoms with Crippen LogP contribution in [0.3, 0.4) is 0 Å². The largest absolute Gasteiger partial charge is 0.349 e. The van der Waals surface area contributed by atoms with Crippen LogP contribution < -0.4 is 5.32 Å². The lowest BCUT2D eigenvalue weighted by Crippen LogP contribution is -2.28. The van der Waals surface area contributed by atoms with Gasteiger partial charge in [0, 0.05) is 5.02 Å². The highest BCUT2D eigenvalue weighted by Crippen LogP contribution is 2.20. The summed E-state index contributed by atoms with van der Waals surface area (Å²) in [5.74, 6) is 0.00739. The van der Waals surface area contributed by atoms with Gasteiger partial charge < -0.3 is 5.32 Å². The van der Waals surface area contributed by atoms with Crippen LogP contribution in [0.1, 0.15) is 24.1 Å². The van der Waals surface area contributed by atoms with E-state index < -0.39 is 0 Å². The van der Waals surface area contributed by atoms with Gasteiger partial charge >= 0.3 is 0 Å². The molecule has 3 heteroatoms. The van der Waals surface area contributed by atoms with Crippen molar-refractivity contribution in [2.24, 2.45) is 0 Å². The Morgan fingerprint density at radius 2 is 1.70 bits per heavy atom. The highest BCUT2D eigenvalue weighted by Gasteiger charge is 2.10. The maximum atomic E-state index is 12.2. The molecule has 3 rings (SSSR count). The van der Waals surface area contributed by atoms with Crippen molar-refractivity contribution in [3.63, 3.8) is 0 Å². The van der Waals surface area contributed by atoms with Crippen molar-refractivity contribution in [3.8, 4) is 0 Å². The molecular formula is C20H18ClNO. The molecule has 0 heterocycles. The van der Waals surface area contributed by atoms with Gasteiger partial charge in [-0.15, -0.1) is 0 Å². The Morgan fingerprint density at radius 3 is 2.43 bits per heavy atom. The number of fused-ring (bicyclic) bond motifs is 1. The van der Waals surface area contributed by atoms with Gasteiger partial charge in [0.25, 0.3) is 0 Å². The molecule has 0 saturated heterocycles. The summed E-state index contributed by atoms with van der Waals surface area (Å²) >= 11 is 5.86. The highest BCUT2D eigenvalue weighted by atomic mass is 35.5. The summed E-state index contributed by atoms with van der Waals surface area (Å²) in [6.07, 6.45) is 0.356. The third-order valence-corrected chi connectivity index (χ3v) is 4.18. The molecule has 3 aromatic carbocycles. The molecule has 1 atom stereocenters. The number of carbonyl (C=O) groups excluding carboxylic acids is 1. The maximum Gasteiger partial charge on any atom is 0.224 e. The number of amides is 1. The van der Waals surface area contributed by atoms with Gasteiger partial charge in [0.05, 0.1) is 12.5 Å². The lowest BCUT2D eigenvalue weighted by atomic mass is 10.0. The second kappa shape index (κ2) is 6.84. The van der Waals surface area contributed by atoms with Crippen molar-refractivity contribution in [2.45, 2.75) is 19.4 Å². The Bertz CT molecular complexity index is 826. The van der Waals surface area contributed by atoms with Gasteiger partial charge in [-0.25, -0.2) is 0 Å². The van der Waals surface area contributed by atoms with E-state index in [0.717, 1.165) is 11.1 Å². The monoisotopic (exact) mass is 323 g/mol. The molecule has 1 unspecified atom stereocenters. The van der Waals surface area contributed by atoms with Gasteiger partial charge in [-0.05, 0) is 47.0 Å². The fourth-order valence-corrected chi connectivity index (χ4v) is 2.77. The van der Waals surface area contributed by atoms with Crippen LogP contribution in [0.4, 0.5) is 0 Å². The van der Waals surface area contributed by atoms with Crippen LogP contribution in [0.15, 0.2) is 66.7 Å². The number of hydrogen-bond acceptors (Lipinski definition) is 1. The van der Waals surface area contributed by atoms with Gasteiger partial charge in [0.15, 0.2) is 0 Å². The van der Waals surface area contributed by atoms with E-state index in [4.69, 9.17) is 11.6 Å². The lowest BCUT2D eigenvalue weighted by Gasteiger charge is -2.15. The van der Waals surface area contributed by atoms with Gasteiger partial charge in [0.1, 0.15) is 0 Å². The maximum absolute atomic E-state index is 12.2. The van der Waals surface area contributed by atoms with E-state index in [0.29, 0.717) is 11.4 Å². The fourth-order valence-electron chi connectivity index (χ4n) is 2.64. The summed E-state index contributed by atoms with van der Waals surface area (Å²) in [5.41, 5.74) is 2.06. The van der Waals surface area contributed by atoms with E-state index >= 15 is 0 Å². The first kappa shape index (κ1) is 15.6. The van der Waals surface area contributed by atoms with Crippen molar-refractivity contribution in [3.05, 3.63) is 82.9 Å². The van der Waals surface area contributed by atoms with E-state index in [1.54, 1.807) is 12.1 Å². The first-order valence-electron chi connectivity index (χ1n) is 7.64. The Balaban J connectivity index is 1.68. The van der Waals surface area contributed by atoms with Gasteiger partial charge in [-0.2, -0.15) is 0 Å². The second-order valence-corrected chi connectivity index (χ2v) is 6.14. The Labute approximate surface area is 141 Å². The van der Waals surface area contributed by atoms with Crippen LogP contribution >= 0.6 is 11.6 Å². The SMILES string of the molecule is CC(NC(=O)Cc1ccc(Cl)cc1)c1ccc2ccccc2c1. The number of nitrogens with one attached hydrogen (secondary N) is 1. The number of hydrogen-bond donors (Lipinski definition) is 1. The molecule has 0 spiro atoms. The average molecular weight is 324 g/mol. The summed E-state index contributed by atoms with van der Waals surface area (Å²) in [7, 11) is 0. The molecule has 23 heavy (non-hydrogen) atoms. The number of halogens is 1. The molecule has 3 aromatic rings. The standard InChI is InChI=1S/C20H18ClNO/c1-14(17-9-8-16-4-2-3-5-18(16)13-17)22-20(23)12-15-6-10-19(21)11-7-15/h2-11,13-14H,12H2,1H3,(H,22,23). The fraction of sp³-hybridized carbons (Fsp3) is 0.150. The summed E-state index contributed by atoms with van der Waals surface area (Å²) in [6.45, 7) is 2.00. The van der Waals surface area contributed by atoms with Crippen LogP contribution in [0.5, 0.6) is 0 Å². The molecule has 0 fully saturated rings. The van der Waals surface area contributed by atoms with Gasteiger partial charge in [-0.3, -0.25) is 4.79 Å². The topological polar surface area (TPSA) is 29.1 Å². The summed E-state index contributed by atoms with van der Waals surface area (Å²) in [4.78, 5) is 12.2. The van der Waals surface area contributed by atoms with E-state index in [1.165, 1.54) is 10.8 Å². The average Bonchev–Trinajstić information content (AvgIpc) is 2.56. The van der Waals surface area contributed by atoms with Crippen LogP contribution in [0, 0.1) is 0 Å². The molecule has 0 saturated carbocycles. The zero-order valence-corrected chi connectivity index (χ0v) is 13.7. The van der Waals surface area contributed by atoms with Crippen LogP contribution in [0.2, 0.25) is 5.02 Å². The molecule has 0 aliphatic rings. The van der Waals surface area contributed by atoms with Crippen LogP contribution in [-0.2, 0) is 11.2 Å². The Kier molecular flexibility index (Phi) is 4.63. The van der Waals surface area contributed by atoms with Gasteiger partial charge in [-0.1, -0.05) is 60.1 Å². The van der Waals surface area contributed by atoms with E-state index in [2.05, 4.69) is 35.6 Å². The third kappa shape index (κ3) is 3.91. The van der Waals surface area contributed by atoms with Crippen molar-refractivity contribution in [1.82, 2.24) is 5.32 Å². The molecule has 0 aliphatic heterocycles. The van der Waals surface area contributed by atoms with E-state index in [1.807, 2.05) is 31.2 Å².